The van der Waals surface area contributed by atoms with Crippen LogP contribution in [0, 0.1) is 0 Å². The summed E-state index contributed by atoms with van der Waals surface area (Å²) in [6.45, 7) is 4.30. The molecule has 124 valence electrons. The molecule has 0 amide bonds. The highest BCUT2D eigenvalue weighted by Crippen LogP contribution is 2.44. The molecular formula is C24H23N. The largest absolute Gasteiger partial charge is 0.361 e. The highest BCUT2D eigenvalue weighted by atomic mass is 14.7. The summed E-state index contributed by atoms with van der Waals surface area (Å²) in [4.78, 5) is 3.44. The van der Waals surface area contributed by atoms with Gasteiger partial charge in [-0.2, -0.15) is 0 Å². The van der Waals surface area contributed by atoms with Crippen LogP contribution in [-0.2, 0) is 12.8 Å². The van der Waals surface area contributed by atoms with Gasteiger partial charge in [0.2, 0.25) is 0 Å². The van der Waals surface area contributed by atoms with Crippen LogP contribution in [-0.4, -0.2) is 4.98 Å². The molecule has 1 aromatic heterocycles. The van der Waals surface area contributed by atoms with E-state index in [4.69, 9.17) is 0 Å². The van der Waals surface area contributed by atoms with Gasteiger partial charge in [0, 0.05) is 17.5 Å². The lowest BCUT2D eigenvalue weighted by Crippen LogP contribution is -1.98. The number of nitrogens with one attached hydrogen (secondary N) is 1. The summed E-state index contributed by atoms with van der Waals surface area (Å²) in [7, 11) is 0. The Morgan fingerprint density at radius 1 is 1.04 bits per heavy atom. The Kier molecular flexibility index (Phi) is 4.15. The first-order valence-corrected chi connectivity index (χ1v) is 9.03. The monoisotopic (exact) mass is 325 g/mol. The van der Waals surface area contributed by atoms with Gasteiger partial charge in [0.05, 0.1) is 0 Å². The summed E-state index contributed by atoms with van der Waals surface area (Å²) in [5.74, 6) is 0. The van der Waals surface area contributed by atoms with Crippen molar-refractivity contribution in [2.24, 2.45) is 0 Å². The quantitative estimate of drug-likeness (QED) is 0.418. The van der Waals surface area contributed by atoms with E-state index in [2.05, 4.69) is 78.7 Å². The van der Waals surface area contributed by atoms with Crippen molar-refractivity contribution in [3.63, 3.8) is 0 Å². The third-order valence-electron chi connectivity index (χ3n) is 5.05. The zero-order chi connectivity index (χ0) is 17.2. The molecule has 0 unspecified atom stereocenters. The minimum absolute atomic E-state index is 1.02. The number of fused-ring (bicyclic) bond motifs is 3. The fourth-order valence-electron chi connectivity index (χ4n) is 3.95. The lowest BCUT2D eigenvalue weighted by atomic mass is 9.88. The standard InChI is InChI=1S/C24H23N/c1-3-5-6-10-17-15-21-20-12-8-7-11-18(20)16-22(21)24(19(17)4-2)23-13-9-14-25-23/h3,5-15,25H,4,16H2,1-2H3. The average molecular weight is 325 g/mol. The lowest BCUT2D eigenvalue weighted by molar-refractivity contribution is 1.11. The number of allylic oxidation sites excluding steroid dienone is 3. The predicted molar refractivity (Wildman–Crippen MR) is 108 cm³/mol. The van der Waals surface area contributed by atoms with E-state index in [1.54, 1.807) is 0 Å². The van der Waals surface area contributed by atoms with Crippen LogP contribution < -0.4 is 0 Å². The van der Waals surface area contributed by atoms with E-state index in [1.807, 2.05) is 13.1 Å². The maximum atomic E-state index is 3.44. The maximum Gasteiger partial charge on any atom is 0.0460 e. The van der Waals surface area contributed by atoms with Crippen LogP contribution in [0.4, 0.5) is 0 Å². The number of H-pyrrole nitrogens is 1. The highest BCUT2D eigenvalue weighted by molar-refractivity contribution is 5.88. The van der Waals surface area contributed by atoms with Crippen molar-refractivity contribution in [2.45, 2.75) is 26.7 Å². The second kappa shape index (κ2) is 6.60. The fraction of sp³-hybridized carbons (Fsp3) is 0.167. The first-order valence-electron chi connectivity index (χ1n) is 9.03. The normalized spacial score (nSPS) is 12.9. The number of aromatic nitrogens is 1. The molecule has 1 nitrogen and oxygen atoms in total. The zero-order valence-corrected chi connectivity index (χ0v) is 14.8. The molecule has 0 aliphatic heterocycles. The third kappa shape index (κ3) is 2.66. The molecule has 25 heavy (non-hydrogen) atoms. The van der Waals surface area contributed by atoms with Crippen LogP contribution in [0.2, 0.25) is 0 Å². The molecule has 0 radical (unpaired) electrons. The molecule has 0 spiro atoms. The van der Waals surface area contributed by atoms with Crippen LogP contribution in [0.25, 0.3) is 28.5 Å². The first kappa shape index (κ1) is 15.7. The minimum Gasteiger partial charge on any atom is -0.361 e. The van der Waals surface area contributed by atoms with Crippen molar-refractivity contribution in [1.82, 2.24) is 4.98 Å². The van der Waals surface area contributed by atoms with Gasteiger partial charge >= 0.3 is 0 Å². The second-order valence-corrected chi connectivity index (χ2v) is 6.50. The van der Waals surface area contributed by atoms with E-state index in [1.165, 1.54) is 44.6 Å². The Morgan fingerprint density at radius 3 is 2.68 bits per heavy atom. The van der Waals surface area contributed by atoms with E-state index in [9.17, 15) is 0 Å². The smallest absolute Gasteiger partial charge is 0.0460 e. The Balaban J connectivity index is 2.01. The van der Waals surface area contributed by atoms with Gasteiger partial charge in [0.15, 0.2) is 0 Å². The number of benzene rings is 2. The van der Waals surface area contributed by atoms with Gasteiger partial charge in [-0.25, -0.2) is 0 Å². The molecule has 1 aliphatic carbocycles. The van der Waals surface area contributed by atoms with Crippen LogP contribution in [0.15, 0.2) is 66.9 Å². The molecule has 0 bridgehead atoms. The molecule has 2 aromatic carbocycles. The first-order chi connectivity index (χ1) is 12.3. The summed E-state index contributed by atoms with van der Waals surface area (Å²) < 4.78 is 0. The summed E-state index contributed by atoms with van der Waals surface area (Å²) in [5, 5.41) is 0. The molecule has 0 saturated heterocycles. The summed E-state index contributed by atoms with van der Waals surface area (Å²) in [5.41, 5.74) is 11.0. The van der Waals surface area contributed by atoms with E-state index in [0.717, 1.165) is 12.8 Å². The Hall–Kier alpha value is -2.80. The molecule has 0 saturated carbocycles. The van der Waals surface area contributed by atoms with Crippen LogP contribution in [0.5, 0.6) is 0 Å². The van der Waals surface area contributed by atoms with Crippen LogP contribution >= 0.6 is 0 Å². The topological polar surface area (TPSA) is 15.8 Å². The van der Waals surface area contributed by atoms with Crippen LogP contribution in [0.1, 0.15) is 36.1 Å². The van der Waals surface area contributed by atoms with Gasteiger partial charge in [-0.05, 0) is 71.3 Å². The Bertz CT molecular complexity index is 956. The molecule has 1 N–H and O–H groups in total. The molecule has 1 heterocycles. The maximum absolute atomic E-state index is 3.44. The Morgan fingerprint density at radius 2 is 1.92 bits per heavy atom. The fourth-order valence-corrected chi connectivity index (χ4v) is 3.95. The van der Waals surface area contributed by atoms with Crippen molar-refractivity contribution in [1.29, 1.82) is 0 Å². The van der Waals surface area contributed by atoms with Crippen LogP contribution in [0.3, 0.4) is 0 Å². The van der Waals surface area contributed by atoms with E-state index >= 15 is 0 Å². The predicted octanol–water partition coefficient (Wildman–Crippen LogP) is 6.40. The van der Waals surface area contributed by atoms with E-state index < -0.39 is 0 Å². The highest BCUT2D eigenvalue weighted by Gasteiger charge is 2.25. The van der Waals surface area contributed by atoms with Crippen molar-refractivity contribution >= 4 is 6.08 Å². The van der Waals surface area contributed by atoms with Gasteiger partial charge in [-0.1, -0.05) is 55.5 Å². The van der Waals surface area contributed by atoms with E-state index in [0.29, 0.717) is 0 Å². The van der Waals surface area contributed by atoms with Gasteiger partial charge in [-0.15, -0.1) is 0 Å². The van der Waals surface area contributed by atoms with Gasteiger partial charge < -0.3 is 4.98 Å². The van der Waals surface area contributed by atoms with Gasteiger partial charge in [-0.3, -0.25) is 0 Å². The van der Waals surface area contributed by atoms with Gasteiger partial charge in [0.25, 0.3) is 0 Å². The molecule has 0 atom stereocenters. The summed E-state index contributed by atoms with van der Waals surface area (Å²) >= 11 is 0. The van der Waals surface area contributed by atoms with Gasteiger partial charge in [0.1, 0.15) is 0 Å². The number of rotatable bonds is 4. The number of hydrogen-bond acceptors (Lipinski definition) is 0. The molecule has 3 aromatic rings. The number of hydrogen-bond donors (Lipinski definition) is 1. The molecular weight excluding hydrogens is 302 g/mol. The second-order valence-electron chi connectivity index (χ2n) is 6.50. The molecule has 4 rings (SSSR count). The number of aromatic amines is 1. The average Bonchev–Trinajstić information content (AvgIpc) is 3.28. The van der Waals surface area contributed by atoms with Crippen molar-refractivity contribution in [3.05, 3.63) is 89.1 Å². The zero-order valence-electron chi connectivity index (χ0n) is 14.8. The Labute approximate surface area is 149 Å². The van der Waals surface area contributed by atoms with Crippen molar-refractivity contribution in [3.8, 4) is 22.4 Å². The lowest BCUT2D eigenvalue weighted by Gasteiger charge is -2.16. The summed E-state index contributed by atoms with van der Waals surface area (Å²) in [6, 6.07) is 15.5. The third-order valence-corrected chi connectivity index (χ3v) is 5.05. The molecule has 1 aliphatic rings. The summed E-state index contributed by atoms with van der Waals surface area (Å²) in [6.07, 6.45) is 12.6. The van der Waals surface area contributed by atoms with Crippen molar-refractivity contribution in [2.75, 3.05) is 0 Å². The molecule has 0 fully saturated rings. The van der Waals surface area contributed by atoms with E-state index in [-0.39, 0.29) is 0 Å². The SMILES string of the molecule is CC=CC=Cc1cc2c(c(-c3ccc[nH]3)c1CC)Cc1ccccc1-2. The minimum atomic E-state index is 1.02. The van der Waals surface area contributed by atoms with Crippen molar-refractivity contribution < 1.29 is 0 Å². The molecule has 1 heteroatoms.